The second-order valence-electron chi connectivity index (χ2n) is 9.01. The molecule has 1 saturated heterocycles. The van der Waals surface area contributed by atoms with Crippen molar-refractivity contribution in [1.29, 1.82) is 0 Å². The maximum Gasteiger partial charge on any atom is 0.417 e. The summed E-state index contributed by atoms with van der Waals surface area (Å²) in [6, 6.07) is 12.0. The molecule has 1 amide bonds. The Morgan fingerprint density at radius 1 is 1.13 bits per heavy atom. The van der Waals surface area contributed by atoms with Crippen molar-refractivity contribution in [2.75, 3.05) is 6.54 Å². The fourth-order valence-electron chi connectivity index (χ4n) is 4.42. The number of amides is 1. The molecule has 3 heterocycles. The molecule has 1 fully saturated rings. The lowest BCUT2D eigenvalue weighted by Crippen LogP contribution is -2.49. The van der Waals surface area contributed by atoms with Gasteiger partial charge in [-0.2, -0.15) is 17.5 Å². The first-order chi connectivity index (χ1) is 18.4. The Morgan fingerprint density at radius 3 is 2.64 bits per heavy atom. The lowest BCUT2D eigenvalue weighted by atomic mass is 10.1. The maximum atomic E-state index is 13.5. The molecule has 1 aliphatic rings. The third-order valence-electron chi connectivity index (χ3n) is 6.39. The first-order valence-electron chi connectivity index (χ1n) is 11.7. The third kappa shape index (κ3) is 5.37. The molecular formula is C26H21F4N3O5S. The average molecular weight is 564 g/mol. The van der Waals surface area contributed by atoms with Crippen molar-refractivity contribution >= 4 is 26.9 Å². The number of aromatic nitrogens is 1. The molecule has 0 saturated carbocycles. The van der Waals surface area contributed by atoms with Crippen LogP contribution in [0.4, 0.5) is 17.6 Å². The van der Waals surface area contributed by atoms with E-state index in [0.717, 1.165) is 34.8 Å². The molecule has 0 radical (unpaired) electrons. The van der Waals surface area contributed by atoms with E-state index in [1.54, 1.807) is 24.3 Å². The van der Waals surface area contributed by atoms with E-state index in [9.17, 15) is 35.9 Å². The number of benzene rings is 2. The van der Waals surface area contributed by atoms with Crippen molar-refractivity contribution in [2.24, 2.45) is 0 Å². The van der Waals surface area contributed by atoms with Crippen molar-refractivity contribution in [2.45, 2.75) is 36.4 Å². The van der Waals surface area contributed by atoms with E-state index in [1.807, 2.05) is 0 Å². The molecule has 0 spiro atoms. The molecule has 0 bridgehead atoms. The quantitative estimate of drug-likeness (QED) is 0.342. The second-order valence-corrected chi connectivity index (χ2v) is 10.8. The Kier molecular flexibility index (Phi) is 6.91. The lowest BCUT2D eigenvalue weighted by Gasteiger charge is -2.23. The van der Waals surface area contributed by atoms with E-state index in [2.05, 4.69) is 10.3 Å². The molecule has 4 aromatic rings. The van der Waals surface area contributed by atoms with Crippen LogP contribution >= 0.6 is 0 Å². The number of carbonyl (C=O) groups is 1. The number of aliphatic hydroxyl groups is 1. The Hall–Kier alpha value is -3.81. The number of furan rings is 1. The number of nitrogens with zero attached hydrogens (tertiary/aromatic N) is 2. The van der Waals surface area contributed by atoms with Crippen molar-refractivity contribution in [3.05, 3.63) is 83.8 Å². The molecule has 39 heavy (non-hydrogen) atoms. The SMILES string of the molecule is O=C(NCc1cccc(-c2ccc(C(F)(F)F)cn2)c1)[C@@H]1[C@@H](O)CCN1S(=O)(=O)c1cc2cc(F)ccc2o1. The van der Waals surface area contributed by atoms with Crippen LogP contribution in [0.25, 0.3) is 22.2 Å². The summed E-state index contributed by atoms with van der Waals surface area (Å²) < 4.78 is 84.8. The molecule has 1 aliphatic heterocycles. The van der Waals surface area contributed by atoms with Crippen LogP contribution in [0.2, 0.25) is 0 Å². The third-order valence-corrected chi connectivity index (χ3v) is 8.12. The van der Waals surface area contributed by atoms with Crippen molar-refractivity contribution in [3.8, 4) is 11.3 Å². The van der Waals surface area contributed by atoms with Crippen LogP contribution in [0, 0.1) is 5.82 Å². The fourth-order valence-corrected chi connectivity index (χ4v) is 6.01. The number of fused-ring (bicyclic) bond motifs is 1. The van der Waals surface area contributed by atoms with E-state index in [4.69, 9.17) is 4.42 Å². The summed E-state index contributed by atoms with van der Waals surface area (Å²) in [6.45, 7) is -0.184. The fraction of sp³-hybridized carbons (Fsp3) is 0.231. The predicted molar refractivity (Wildman–Crippen MR) is 131 cm³/mol. The number of rotatable bonds is 6. The minimum atomic E-state index is -4.51. The zero-order chi connectivity index (χ0) is 27.9. The summed E-state index contributed by atoms with van der Waals surface area (Å²) in [7, 11) is -4.35. The van der Waals surface area contributed by atoms with Crippen molar-refractivity contribution in [3.63, 3.8) is 0 Å². The number of halogens is 4. The largest absolute Gasteiger partial charge is 0.443 e. The van der Waals surface area contributed by atoms with Crippen LogP contribution < -0.4 is 5.32 Å². The van der Waals surface area contributed by atoms with Gasteiger partial charge in [0.15, 0.2) is 0 Å². The maximum absolute atomic E-state index is 13.5. The number of aliphatic hydroxyl groups excluding tert-OH is 1. The monoisotopic (exact) mass is 563 g/mol. The molecule has 0 unspecified atom stereocenters. The number of hydrogen-bond donors (Lipinski definition) is 2. The van der Waals surface area contributed by atoms with Crippen LogP contribution in [-0.4, -0.2) is 47.4 Å². The van der Waals surface area contributed by atoms with E-state index >= 15 is 0 Å². The second kappa shape index (κ2) is 10.1. The van der Waals surface area contributed by atoms with Gasteiger partial charge in [0, 0.05) is 36.3 Å². The highest BCUT2D eigenvalue weighted by Gasteiger charge is 2.46. The molecule has 13 heteroatoms. The van der Waals surface area contributed by atoms with Gasteiger partial charge in [0.1, 0.15) is 17.4 Å². The summed E-state index contributed by atoms with van der Waals surface area (Å²) in [5.74, 6) is -1.32. The van der Waals surface area contributed by atoms with Crippen LogP contribution in [0.15, 0.2) is 76.4 Å². The minimum absolute atomic E-state index is 0.0151. The van der Waals surface area contributed by atoms with E-state index in [0.29, 0.717) is 16.8 Å². The first-order valence-corrected chi connectivity index (χ1v) is 13.2. The number of alkyl halides is 3. The molecule has 2 atom stereocenters. The Bertz CT molecular complexity index is 1640. The lowest BCUT2D eigenvalue weighted by molar-refractivity contribution is -0.137. The number of carbonyl (C=O) groups excluding carboxylic acids is 1. The van der Waals surface area contributed by atoms with Gasteiger partial charge in [0.2, 0.25) is 11.0 Å². The van der Waals surface area contributed by atoms with E-state index in [-0.39, 0.29) is 30.5 Å². The normalized spacial score (nSPS) is 18.5. The van der Waals surface area contributed by atoms with Crippen molar-refractivity contribution in [1.82, 2.24) is 14.6 Å². The molecule has 5 rings (SSSR count). The molecule has 2 aromatic carbocycles. The average Bonchev–Trinajstić information content (AvgIpc) is 3.51. The minimum Gasteiger partial charge on any atom is -0.443 e. The van der Waals surface area contributed by atoms with Crippen LogP contribution in [0.3, 0.4) is 0 Å². The number of nitrogens with one attached hydrogen (secondary N) is 1. The topological polar surface area (TPSA) is 113 Å². The Morgan fingerprint density at radius 2 is 1.92 bits per heavy atom. The van der Waals surface area contributed by atoms with E-state index < -0.39 is 50.7 Å². The molecule has 8 nitrogen and oxygen atoms in total. The van der Waals surface area contributed by atoms with E-state index in [1.165, 1.54) is 12.1 Å². The van der Waals surface area contributed by atoms with Gasteiger partial charge in [-0.3, -0.25) is 9.78 Å². The van der Waals surface area contributed by atoms with Gasteiger partial charge in [-0.05, 0) is 48.4 Å². The summed E-state index contributed by atoms with van der Waals surface area (Å²) in [4.78, 5) is 16.9. The van der Waals surface area contributed by atoms with Gasteiger partial charge in [0.25, 0.3) is 10.0 Å². The van der Waals surface area contributed by atoms with Gasteiger partial charge < -0.3 is 14.8 Å². The Balaban J connectivity index is 1.31. The number of sulfonamides is 1. The number of pyridine rings is 1. The van der Waals surface area contributed by atoms with Gasteiger partial charge >= 0.3 is 6.18 Å². The van der Waals surface area contributed by atoms with Crippen LogP contribution in [-0.2, 0) is 27.5 Å². The Labute approximate surface area is 219 Å². The molecule has 204 valence electrons. The molecule has 0 aliphatic carbocycles. The van der Waals surface area contributed by atoms with Gasteiger partial charge in [-0.1, -0.05) is 18.2 Å². The van der Waals surface area contributed by atoms with Crippen molar-refractivity contribution < 1.29 is 40.3 Å². The first kappa shape index (κ1) is 26.8. The van der Waals surface area contributed by atoms with Crippen LogP contribution in [0.5, 0.6) is 0 Å². The molecule has 2 N–H and O–H groups in total. The van der Waals surface area contributed by atoms with Gasteiger partial charge in [-0.25, -0.2) is 12.8 Å². The summed E-state index contributed by atoms with van der Waals surface area (Å²) in [5, 5.41) is 12.8. The standard InChI is InChI=1S/C26H21F4N3O5S/c27-19-5-7-22-17(11-19)12-23(38-22)39(36,37)33-9-8-21(34)24(33)25(35)32-13-15-2-1-3-16(10-15)20-6-4-18(14-31-20)26(28,29)30/h1-7,10-12,14,21,24,34H,8-9,13H2,(H,32,35)/t21-,24-/m0/s1. The number of hydrogen-bond acceptors (Lipinski definition) is 6. The van der Waals surface area contributed by atoms with Gasteiger partial charge in [-0.15, -0.1) is 0 Å². The smallest absolute Gasteiger partial charge is 0.417 e. The summed E-state index contributed by atoms with van der Waals surface area (Å²) in [5.41, 5.74) is 0.660. The molecule has 2 aromatic heterocycles. The summed E-state index contributed by atoms with van der Waals surface area (Å²) >= 11 is 0. The zero-order valence-electron chi connectivity index (χ0n) is 20.0. The zero-order valence-corrected chi connectivity index (χ0v) is 20.8. The predicted octanol–water partition coefficient (Wildman–Crippen LogP) is 4.09. The highest BCUT2D eigenvalue weighted by atomic mass is 32.2. The highest BCUT2D eigenvalue weighted by Crippen LogP contribution is 2.32. The van der Waals surface area contributed by atoms with Gasteiger partial charge in [0.05, 0.1) is 17.4 Å². The highest BCUT2D eigenvalue weighted by molar-refractivity contribution is 7.89. The van der Waals surface area contributed by atoms with Crippen LogP contribution in [0.1, 0.15) is 17.5 Å². The molecular weight excluding hydrogens is 542 g/mol. The summed E-state index contributed by atoms with van der Waals surface area (Å²) in [6.07, 6.45) is -5.03.